The van der Waals surface area contributed by atoms with Crippen molar-refractivity contribution in [1.82, 2.24) is 9.55 Å². The fraction of sp³-hybridized carbons (Fsp3) is 0.571. The maximum atomic E-state index is 4.06. The molecule has 0 N–H and O–H groups in total. The van der Waals surface area contributed by atoms with E-state index in [4.69, 9.17) is 0 Å². The second kappa shape index (κ2) is 5.35. The average molecular weight is 158 g/mol. The Morgan fingerprint density at radius 3 is 2.30 bits per heavy atom. The summed E-state index contributed by atoms with van der Waals surface area (Å²) in [4.78, 5) is 4.06. The van der Waals surface area contributed by atoms with Crippen molar-refractivity contribution in [2.24, 2.45) is 7.05 Å². The lowest BCUT2D eigenvalue weighted by atomic mass is 10.9. The van der Waals surface area contributed by atoms with E-state index in [0.29, 0.717) is 0 Å². The predicted octanol–water partition coefficient (Wildman–Crippen LogP) is 2.17. The molecule has 0 bridgehead atoms. The van der Waals surface area contributed by atoms with Gasteiger partial charge in [0.1, 0.15) is 0 Å². The van der Waals surface area contributed by atoms with Crippen LogP contribution in [0.4, 0.5) is 0 Å². The maximum Gasteiger partial charge on any atom is 0.167 e. The Labute approximate surface area is 66.7 Å². The van der Waals surface area contributed by atoms with Crippen LogP contribution in [-0.2, 0) is 7.05 Å². The molecule has 0 spiro atoms. The molecule has 10 heavy (non-hydrogen) atoms. The first-order valence-corrected chi connectivity index (χ1v) is 4.58. The van der Waals surface area contributed by atoms with E-state index in [1.54, 1.807) is 18.0 Å². The van der Waals surface area contributed by atoms with Crippen LogP contribution >= 0.6 is 11.8 Å². The lowest BCUT2D eigenvalue weighted by Crippen LogP contribution is -1.85. The molecule has 3 heteroatoms. The molecule has 0 fully saturated rings. The van der Waals surface area contributed by atoms with E-state index < -0.39 is 0 Å². The molecule has 2 nitrogen and oxygen atoms in total. The third kappa shape index (κ3) is 2.43. The summed E-state index contributed by atoms with van der Waals surface area (Å²) < 4.78 is 1.99. The second-order valence-corrected chi connectivity index (χ2v) is 2.30. The second-order valence-electron chi connectivity index (χ2n) is 1.52. The van der Waals surface area contributed by atoms with E-state index in [1.165, 1.54) is 0 Å². The molecular formula is C7H14N2S. The van der Waals surface area contributed by atoms with Crippen molar-refractivity contribution in [3.8, 4) is 0 Å². The molecule has 0 atom stereocenters. The summed E-state index contributed by atoms with van der Waals surface area (Å²) in [7, 11) is 1.98. The van der Waals surface area contributed by atoms with E-state index in [0.717, 1.165) is 5.16 Å². The summed E-state index contributed by atoms with van der Waals surface area (Å²) in [6, 6.07) is 0. The summed E-state index contributed by atoms with van der Waals surface area (Å²) in [6.45, 7) is 4.00. The zero-order chi connectivity index (χ0) is 7.98. The Hall–Kier alpha value is -0.440. The van der Waals surface area contributed by atoms with Crippen molar-refractivity contribution in [3.63, 3.8) is 0 Å². The minimum Gasteiger partial charge on any atom is -0.329 e. The number of rotatable bonds is 1. The molecule has 1 aromatic heterocycles. The Bertz CT molecular complexity index is 172. The zero-order valence-corrected chi connectivity index (χ0v) is 7.77. The minimum atomic E-state index is 1.06. The van der Waals surface area contributed by atoms with Gasteiger partial charge in [-0.15, -0.1) is 0 Å². The van der Waals surface area contributed by atoms with Gasteiger partial charge in [0.05, 0.1) is 0 Å². The molecule has 0 unspecified atom stereocenters. The van der Waals surface area contributed by atoms with Gasteiger partial charge in [-0.1, -0.05) is 25.6 Å². The largest absolute Gasteiger partial charge is 0.329 e. The Morgan fingerprint density at radius 2 is 2.10 bits per heavy atom. The van der Waals surface area contributed by atoms with Gasteiger partial charge in [0.25, 0.3) is 0 Å². The topological polar surface area (TPSA) is 17.8 Å². The maximum absolute atomic E-state index is 4.06. The van der Waals surface area contributed by atoms with Crippen LogP contribution < -0.4 is 0 Å². The first kappa shape index (κ1) is 9.56. The normalized spacial score (nSPS) is 8.40. The molecule has 0 amide bonds. The molecule has 0 saturated heterocycles. The number of hydrogen-bond donors (Lipinski definition) is 0. The van der Waals surface area contributed by atoms with Gasteiger partial charge in [-0.05, 0) is 6.26 Å². The fourth-order valence-corrected chi connectivity index (χ4v) is 1.06. The Morgan fingerprint density at radius 1 is 1.50 bits per heavy atom. The van der Waals surface area contributed by atoms with Crippen molar-refractivity contribution in [2.75, 3.05) is 6.26 Å². The first-order chi connectivity index (χ1) is 4.84. The standard InChI is InChI=1S/C5H8N2S.C2H6/c1-7-4-3-6-5(7)8-2;1-2/h3-4H,1-2H3;1-2H3. The van der Waals surface area contributed by atoms with Crippen molar-refractivity contribution in [3.05, 3.63) is 12.4 Å². The SMILES string of the molecule is CC.CSc1nccn1C. The smallest absolute Gasteiger partial charge is 0.167 e. The molecule has 1 rings (SSSR count). The number of aromatic nitrogens is 2. The highest BCUT2D eigenvalue weighted by atomic mass is 32.2. The number of aryl methyl sites for hydroxylation is 1. The summed E-state index contributed by atoms with van der Waals surface area (Å²) in [6.07, 6.45) is 5.75. The Kier molecular flexibility index (Phi) is 5.12. The van der Waals surface area contributed by atoms with Crippen molar-refractivity contribution < 1.29 is 0 Å². The van der Waals surface area contributed by atoms with Crippen LogP contribution in [0.25, 0.3) is 0 Å². The zero-order valence-electron chi connectivity index (χ0n) is 6.96. The number of thioether (sulfide) groups is 1. The monoisotopic (exact) mass is 158 g/mol. The van der Waals surface area contributed by atoms with Gasteiger partial charge in [-0.3, -0.25) is 0 Å². The number of hydrogen-bond acceptors (Lipinski definition) is 2. The van der Waals surface area contributed by atoms with Crippen LogP contribution in [0.3, 0.4) is 0 Å². The molecule has 0 aliphatic rings. The van der Waals surface area contributed by atoms with Crippen LogP contribution in [0.15, 0.2) is 17.6 Å². The van der Waals surface area contributed by atoms with Crippen LogP contribution in [0.5, 0.6) is 0 Å². The predicted molar refractivity (Wildman–Crippen MR) is 46.3 cm³/mol. The molecule has 0 aromatic carbocycles. The van der Waals surface area contributed by atoms with Gasteiger partial charge in [0.2, 0.25) is 0 Å². The highest BCUT2D eigenvalue weighted by molar-refractivity contribution is 7.98. The third-order valence-corrected chi connectivity index (χ3v) is 1.72. The quantitative estimate of drug-likeness (QED) is 0.583. The van der Waals surface area contributed by atoms with Gasteiger partial charge in [-0.2, -0.15) is 0 Å². The fourth-order valence-electron chi connectivity index (χ4n) is 0.549. The van der Waals surface area contributed by atoms with E-state index >= 15 is 0 Å². The van der Waals surface area contributed by atoms with Crippen LogP contribution in [0.2, 0.25) is 0 Å². The summed E-state index contributed by atoms with van der Waals surface area (Å²) in [5.74, 6) is 0. The van der Waals surface area contributed by atoms with Crippen molar-refractivity contribution in [2.45, 2.75) is 19.0 Å². The van der Waals surface area contributed by atoms with Crippen molar-refractivity contribution >= 4 is 11.8 Å². The van der Waals surface area contributed by atoms with E-state index in [1.807, 2.05) is 37.9 Å². The lowest BCUT2D eigenvalue weighted by Gasteiger charge is -1.92. The van der Waals surface area contributed by atoms with E-state index in [-0.39, 0.29) is 0 Å². The van der Waals surface area contributed by atoms with Crippen LogP contribution in [0.1, 0.15) is 13.8 Å². The van der Waals surface area contributed by atoms with Crippen LogP contribution in [-0.4, -0.2) is 15.8 Å². The van der Waals surface area contributed by atoms with Gasteiger partial charge < -0.3 is 4.57 Å². The number of nitrogens with zero attached hydrogens (tertiary/aromatic N) is 2. The molecular weight excluding hydrogens is 144 g/mol. The van der Waals surface area contributed by atoms with Gasteiger partial charge in [-0.25, -0.2) is 4.98 Å². The molecule has 58 valence electrons. The molecule has 0 radical (unpaired) electrons. The first-order valence-electron chi connectivity index (χ1n) is 3.36. The molecule has 0 aliphatic heterocycles. The van der Waals surface area contributed by atoms with E-state index in [2.05, 4.69) is 4.98 Å². The lowest BCUT2D eigenvalue weighted by molar-refractivity contribution is 0.791. The molecule has 0 aliphatic carbocycles. The number of imidazole rings is 1. The Balaban J connectivity index is 0.000000371. The van der Waals surface area contributed by atoms with Crippen LogP contribution in [0, 0.1) is 0 Å². The highest BCUT2D eigenvalue weighted by Gasteiger charge is 1.91. The highest BCUT2D eigenvalue weighted by Crippen LogP contribution is 2.08. The third-order valence-electron chi connectivity index (χ3n) is 0.960. The minimum absolute atomic E-state index is 1.06. The summed E-state index contributed by atoms with van der Waals surface area (Å²) in [5.41, 5.74) is 0. The molecule has 1 heterocycles. The van der Waals surface area contributed by atoms with Gasteiger partial charge >= 0.3 is 0 Å². The van der Waals surface area contributed by atoms with Gasteiger partial charge in [0.15, 0.2) is 5.16 Å². The average Bonchev–Trinajstić information content (AvgIpc) is 2.39. The van der Waals surface area contributed by atoms with Gasteiger partial charge in [0, 0.05) is 19.4 Å². The summed E-state index contributed by atoms with van der Waals surface area (Å²) in [5, 5.41) is 1.06. The summed E-state index contributed by atoms with van der Waals surface area (Å²) >= 11 is 1.65. The molecule has 1 aromatic rings. The molecule has 0 saturated carbocycles. The van der Waals surface area contributed by atoms with Crippen molar-refractivity contribution in [1.29, 1.82) is 0 Å². The van der Waals surface area contributed by atoms with E-state index in [9.17, 15) is 0 Å².